The number of aryl methyl sites for hydroxylation is 1. The molecule has 2 N–H and O–H groups in total. The molecule has 0 bridgehead atoms. The molecule has 1 saturated heterocycles. The molecule has 0 aliphatic carbocycles. The molecule has 1 fully saturated rings. The maximum Gasteiger partial charge on any atom is 0.231 e. The molecule has 0 saturated carbocycles. The van der Waals surface area contributed by atoms with Crippen molar-refractivity contribution in [1.82, 2.24) is 20.1 Å². The Kier molecular flexibility index (Phi) is 4.93. The minimum Gasteiger partial charge on any atom is -0.317 e. The summed E-state index contributed by atoms with van der Waals surface area (Å²) < 4.78 is 1.64. The predicted octanol–water partition coefficient (Wildman–Crippen LogP) is 2.12. The second-order valence-electron chi connectivity index (χ2n) is 5.79. The van der Waals surface area contributed by atoms with E-state index in [1.165, 1.54) is 0 Å². The maximum atomic E-state index is 12.2. The highest BCUT2D eigenvalue weighted by molar-refractivity contribution is 6.30. The van der Waals surface area contributed by atoms with Crippen molar-refractivity contribution in [1.29, 1.82) is 0 Å². The van der Waals surface area contributed by atoms with E-state index in [1.54, 1.807) is 23.9 Å². The Hall–Kier alpha value is -1.92. The van der Waals surface area contributed by atoms with E-state index in [-0.39, 0.29) is 12.3 Å². The number of anilines is 1. The van der Waals surface area contributed by atoms with Gasteiger partial charge in [-0.3, -0.25) is 10.1 Å². The van der Waals surface area contributed by atoms with Crippen LogP contribution in [0.15, 0.2) is 24.3 Å². The maximum absolute atomic E-state index is 12.2. The zero-order valence-corrected chi connectivity index (χ0v) is 13.8. The van der Waals surface area contributed by atoms with E-state index in [2.05, 4.69) is 20.7 Å². The third-order valence-corrected chi connectivity index (χ3v) is 4.26. The van der Waals surface area contributed by atoms with Crippen molar-refractivity contribution in [3.05, 3.63) is 40.7 Å². The Morgan fingerprint density at radius 1 is 1.35 bits per heavy atom. The van der Waals surface area contributed by atoms with Gasteiger partial charge in [-0.15, -0.1) is 0 Å². The third-order valence-electron chi connectivity index (χ3n) is 4.01. The lowest BCUT2D eigenvalue weighted by Gasteiger charge is -2.19. The second-order valence-corrected chi connectivity index (χ2v) is 6.23. The Morgan fingerprint density at radius 2 is 2.04 bits per heavy atom. The summed E-state index contributed by atoms with van der Waals surface area (Å²) in [7, 11) is 1.80. The number of nitrogens with one attached hydrogen (secondary N) is 2. The molecular weight excluding hydrogens is 314 g/mol. The Labute approximate surface area is 140 Å². The van der Waals surface area contributed by atoms with Gasteiger partial charge in [-0.25, -0.2) is 4.68 Å². The van der Waals surface area contributed by atoms with Gasteiger partial charge in [-0.2, -0.15) is 10.1 Å². The van der Waals surface area contributed by atoms with E-state index >= 15 is 0 Å². The van der Waals surface area contributed by atoms with Crippen LogP contribution in [-0.4, -0.2) is 33.8 Å². The van der Waals surface area contributed by atoms with Crippen LogP contribution in [0.4, 0.5) is 5.95 Å². The lowest BCUT2D eigenvalue weighted by molar-refractivity contribution is -0.115. The Balaban J connectivity index is 1.63. The number of nitrogens with zero attached hydrogens (tertiary/aromatic N) is 3. The van der Waals surface area contributed by atoms with Gasteiger partial charge in [0.05, 0.1) is 6.42 Å². The topological polar surface area (TPSA) is 71.8 Å². The number of halogens is 1. The van der Waals surface area contributed by atoms with Crippen molar-refractivity contribution >= 4 is 23.5 Å². The van der Waals surface area contributed by atoms with Gasteiger partial charge in [-0.05, 0) is 43.6 Å². The van der Waals surface area contributed by atoms with Crippen molar-refractivity contribution in [2.45, 2.75) is 25.2 Å². The van der Waals surface area contributed by atoms with E-state index < -0.39 is 0 Å². The van der Waals surface area contributed by atoms with Gasteiger partial charge in [-0.1, -0.05) is 23.7 Å². The number of aromatic nitrogens is 3. The van der Waals surface area contributed by atoms with Gasteiger partial charge < -0.3 is 5.32 Å². The summed E-state index contributed by atoms with van der Waals surface area (Å²) in [6.45, 7) is 1.97. The van der Waals surface area contributed by atoms with Gasteiger partial charge in [0.2, 0.25) is 11.9 Å². The van der Waals surface area contributed by atoms with E-state index in [0.717, 1.165) is 37.3 Å². The van der Waals surface area contributed by atoms with Crippen LogP contribution in [0.25, 0.3) is 0 Å². The molecule has 1 aliphatic heterocycles. The molecule has 3 rings (SSSR count). The van der Waals surface area contributed by atoms with Crippen molar-refractivity contribution < 1.29 is 4.79 Å². The van der Waals surface area contributed by atoms with Gasteiger partial charge >= 0.3 is 0 Å². The summed E-state index contributed by atoms with van der Waals surface area (Å²) >= 11 is 5.85. The smallest absolute Gasteiger partial charge is 0.231 e. The number of rotatable bonds is 4. The largest absolute Gasteiger partial charge is 0.317 e. The molecule has 7 heteroatoms. The van der Waals surface area contributed by atoms with Crippen LogP contribution in [-0.2, 0) is 18.3 Å². The van der Waals surface area contributed by atoms with Crippen molar-refractivity contribution in [3.8, 4) is 0 Å². The van der Waals surface area contributed by atoms with Crippen molar-refractivity contribution in [2.24, 2.45) is 7.05 Å². The average Bonchev–Trinajstić information content (AvgIpc) is 2.91. The van der Waals surface area contributed by atoms with Crippen LogP contribution in [0, 0.1) is 0 Å². The standard InChI is InChI=1S/C16H20ClN5O/c1-22-16(20-15(21-22)12-6-8-18-9-7-12)19-14(23)10-11-2-4-13(17)5-3-11/h2-5,12,18H,6-10H2,1H3,(H,19,20,21,23). The highest BCUT2D eigenvalue weighted by Gasteiger charge is 2.21. The van der Waals surface area contributed by atoms with E-state index in [9.17, 15) is 4.79 Å². The number of piperidine rings is 1. The fourth-order valence-electron chi connectivity index (χ4n) is 2.72. The Bertz CT molecular complexity index is 676. The van der Waals surface area contributed by atoms with Crippen LogP contribution in [0.1, 0.15) is 30.1 Å². The van der Waals surface area contributed by atoms with Crippen LogP contribution in [0.2, 0.25) is 5.02 Å². The number of amides is 1. The number of carbonyl (C=O) groups is 1. The zero-order chi connectivity index (χ0) is 16.2. The monoisotopic (exact) mass is 333 g/mol. The lowest BCUT2D eigenvalue weighted by Crippen LogP contribution is -2.27. The molecule has 1 amide bonds. The average molecular weight is 334 g/mol. The van der Waals surface area contributed by atoms with Crippen molar-refractivity contribution in [3.63, 3.8) is 0 Å². The molecule has 122 valence electrons. The predicted molar refractivity (Wildman–Crippen MR) is 89.6 cm³/mol. The van der Waals surface area contributed by atoms with E-state index in [4.69, 9.17) is 11.6 Å². The summed E-state index contributed by atoms with van der Waals surface area (Å²) in [5.41, 5.74) is 0.910. The third kappa shape index (κ3) is 4.09. The fourth-order valence-corrected chi connectivity index (χ4v) is 2.85. The molecule has 1 aromatic heterocycles. The van der Waals surface area contributed by atoms with Crippen LogP contribution in [0.3, 0.4) is 0 Å². The highest BCUT2D eigenvalue weighted by Crippen LogP contribution is 2.23. The molecule has 0 unspecified atom stereocenters. The van der Waals surface area contributed by atoms with Crippen LogP contribution >= 0.6 is 11.6 Å². The minimum absolute atomic E-state index is 0.111. The first-order valence-electron chi connectivity index (χ1n) is 7.78. The molecule has 1 aliphatic rings. The molecule has 1 aromatic carbocycles. The van der Waals surface area contributed by atoms with Gasteiger partial charge in [0.15, 0.2) is 5.82 Å². The molecule has 23 heavy (non-hydrogen) atoms. The van der Waals surface area contributed by atoms with E-state index in [1.807, 2.05) is 12.1 Å². The summed E-state index contributed by atoms with van der Waals surface area (Å²) in [6, 6.07) is 7.25. The van der Waals surface area contributed by atoms with Crippen LogP contribution < -0.4 is 10.6 Å². The first-order valence-corrected chi connectivity index (χ1v) is 8.15. The van der Waals surface area contributed by atoms with Gasteiger partial charge in [0.1, 0.15) is 0 Å². The number of hydrogen-bond donors (Lipinski definition) is 2. The lowest BCUT2D eigenvalue weighted by atomic mass is 9.98. The zero-order valence-electron chi connectivity index (χ0n) is 13.1. The van der Waals surface area contributed by atoms with Gasteiger partial charge in [0.25, 0.3) is 0 Å². The first kappa shape index (κ1) is 16.0. The number of benzene rings is 1. The number of hydrogen-bond acceptors (Lipinski definition) is 4. The minimum atomic E-state index is -0.111. The summed E-state index contributed by atoms with van der Waals surface area (Å²) in [5, 5.41) is 11.3. The Morgan fingerprint density at radius 3 is 2.74 bits per heavy atom. The van der Waals surface area contributed by atoms with Gasteiger partial charge in [0, 0.05) is 18.0 Å². The molecular formula is C16H20ClN5O. The van der Waals surface area contributed by atoms with Crippen molar-refractivity contribution in [2.75, 3.05) is 18.4 Å². The molecule has 0 radical (unpaired) electrons. The van der Waals surface area contributed by atoms with Crippen LogP contribution in [0.5, 0.6) is 0 Å². The first-order chi connectivity index (χ1) is 11.1. The molecule has 2 aromatic rings. The molecule has 0 atom stereocenters. The molecule has 6 nitrogen and oxygen atoms in total. The second kappa shape index (κ2) is 7.10. The highest BCUT2D eigenvalue weighted by atomic mass is 35.5. The summed E-state index contributed by atoms with van der Waals surface area (Å²) in [5.74, 6) is 1.57. The normalized spacial score (nSPS) is 15.6. The fraction of sp³-hybridized carbons (Fsp3) is 0.438. The molecule has 2 heterocycles. The molecule has 0 spiro atoms. The van der Waals surface area contributed by atoms with E-state index in [0.29, 0.717) is 16.9 Å². The SMILES string of the molecule is Cn1nc(C2CCNCC2)nc1NC(=O)Cc1ccc(Cl)cc1. The quantitative estimate of drug-likeness (QED) is 0.899. The summed E-state index contributed by atoms with van der Waals surface area (Å²) in [4.78, 5) is 16.7. The summed E-state index contributed by atoms with van der Waals surface area (Å²) in [6.07, 6.45) is 2.34. The number of carbonyl (C=O) groups excluding carboxylic acids is 1.